The minimum atomic E-state index is -0.349. The molecule has 0 aliphatic carbocycles. The van der Waals surface area contributed by atoms with Gasteiger partial charge in [-0.1, -0.05) is 0 Å². The maximum absolute atomic E-state index is 12.8. The number of halogens is 1. The minimum Gasteiger partial charge on any atom is -0.497 e. The van der Waals surface area contributed by atoms with Crippen molar-refractivity contribution in [2.75, 3.05) is 7.11 Å². The van der Waals surface area contributed by atoms with Gasteiger partial charge in [0.15, 0.2) is 5.78 Å². The second-order valence-corrected chi connectivity index (χ2v) is 4.02. The first-order valence-corrected chi connectivity index (χ1v) is 5.56. The fourth-order valence-electron chi connectivity index (χ4n) is 1.77. The van der Waals surface area contributed by atoms with Gasteiger partial charge in [-0.05, 0) is 55.0 Å². The van der Waals surface area contributed by atoms with Crippen LogP contribution in [0.3, 0.4) is 0 Å². The van der Waals surface area contributed by atoms with E-state index >= 15 is 0 Å². The molecular weight excluding hydrogens is 231 g/mol. The number of methoxy groups -OCH3 is 1. The Morgan fingerprint density at radius 2 is 1.78 bits per heavy atom. The molecule has 0 saturated heterocycles. The number of carbonyl (C=O) groups is 1. The predicted molar refractivity (Wildman–Crippen MR) is 67.6 cm³/mol. The third-order valence-electron chi connectivity index (χ3n) is 2.78. The van der Waals surface area contributed by atoms with Gasteiger partial charge in [0.25, 0.3) is 0 Å². The van der Waals surface area contributed by atoms with E-state index in [4.69, 9.17) is 4.74 Å². The van der Waals surface area contributed by atoms with Crippen LogP contribution in [0.15, 0.2) is 42.5 Å². The molecule has 0 fully saturated rings. The monoisotopic (exact) mass is 244 g/mol. The maximum Gasteiger partial charge on any atom is 0.193 e. The summed E-state index contributed by atoms with van der Waals surface area (Å²) in [6.07, 6.45) is 0. The Hall–Kier alpha value is -2.16. The molecule has 0 heterocycles. The van der Waals surface area contributed by atoms with Crippen LogP contribution in [0.25, 0.3) is 0 Å². The first-order chi connectivity index (χ1) is 8.61. The molecule has 92 valence electrons. The highest BCUT2D eigenvalue weighted by Crippen LogP contribution is 2.19. The van der Waals surface area contributed by atoms with Gasteiger partial charge in [-0.15, -0.1) is 0 Å². The van der Waals surface area contributed by atoms with Gasteiger partial charge >= 0.3 is 0 Å². The van der Waals surface area contributed by atoms with Crippen molar-refractivity contribution in [3.05, 3.63) is 65.0 Å². The summed E-state index contributed by atoms with van der Waals surface area (Å²) >= 11 is 0. The van der Waals surface area contributed by atoms with Crippen molar-refractivity contribution >= 4 is 5.78 Å². The molecule has 0 aliphatic heterocycles. The zero-order chi connectivity index (χ0) is 13.1. The summed E-state index contributed by atoms with van der Waals surface area (Å²) in [5.41, 5.74) is 1.91. The first kappa shape index (κ1) is 12.3. The van der Waals surface area contributed by atoms with Crippen LogP contribution in [-0.4, -0.2) is 12.9 Å². The average molecular weight is 244 g/mol. The number of rotatable bonds is 3. The highest BCUT2D eigenvalue weighted by molar-refractivity contribution is 6.09. The summed E-state index contributed by atoms with van der Waals surface area (Å²) in [5, 5.41) is 0. The molecule has 0 saturated carbocycles. The Kier molecular flexibility index (Phi) is 3.42. The summed E-state index contributed by atoms with van der Waals surface area (Å²) in [6, 6.07) is 10.8. The van der Waals surface area contributed by atoms with Crippen molar-refractivity contribution in [1.82, 2.24) is 0 Å². The molecule has 2 aromatic rings. The quantitative estimate of drug-likeness (QED) is 0.774. The van der Waals surface area contributed by atoms with Gasteiger partial charge in [-0.3, -0.25) is 4.79 Å². The molecule has 0 amide bonds. The van der Waals surface area contributed by atoms with Gasteiger partial charge in [-0.25, -0.2) is 4.39 Å². The zero-order valence-electron chi connectivity index (χ0n) is 10.2. The molecule has 0 atom stereocenters. The first-order valence-electron chi connectivity index (χ1n) is 5.56. The Balaban J connectivity index is 2.37. The lowest BCUT2D eigenvalue weighted by atomic mass is 9.99. The van der Waals surface area contributed by atoms with E-state index in [2.05, 4.69) is 0 Å². The third kappa shape index (κ3) is 2.40. The van der Waals surface area contributed by atoms with Gasteiger partial charge in [-0.2, -0.15) is 0 Å². The van der Waals surface area contributed by atoms with Crippen LogP contribution in [0, 0.1) is 12.7 Å². The molecule has 2 aromatic carbocycles. The normalized spacial score (nSPS) is 10.2. The lowest BCUT2D eigenvalue weighted by molar-refractivity contribution is 0.103. The third-order valence-corrected chi connectivity index (χ3v) is 2.78. The Morgan fingerprint density at radius 1 is 1.11 bits per heavy atom. The topological polar surface area (TPSA) is 26.3 Å². The summed E-state index contributed by atoms with van der Waals surface area (Å²) in [7, 11) is 1.58. The summed E-state index contributed by atoms with van der Waals surface area (Å²) < 4.78 is 17.9. The molecule has 2 rings (SSSR count). The molecule has 2 nitrogen and oxygen atoms in total. The molecular formula is C15H13FO2. The van der Waals surface area contributed by atoms with E-state index in [0.717, 1.165) is 5.56 Å². The fourth-order valence-corrected chi connectivity index (χ4v) is 1.77. The van der Waals surface area contributed by atoms with Crippen LogP contribution >= 0.6 is 0 Å². The number of hydrogen-bond donors (Lipinski definition) is 0. The van der Waals surface area contributed by atoms with Crippen LogP contribution in [0.5, 0.6) is 5.75 Å². The van der Waals surface area contributed by atoms with E-state index in [1.165, 1.54) is 24.3 Å². The standard InChI is InChI=1S/C15H13FO2/c1-10-9-13(18-2)7-8-14(10)15(17)11-3-5-12(16)6-4-11/h3-9H,1-2H3. The lowest BCUT2D eigenvalue weighted by Crippen LogP contribution is -2.03. The maximum atomic E-state index is 12.8. The average Bonchev–Trinajstić information content (AvgIpc) is 2.38. The number of aryl methyl sites for hydroxylation is 1. The van der Waals surface area contributed by atoms with E-state index < -0.39 is 0 Å². The van der Waals surface area contributed by atoms with E-state index in [9.17, 15) is 9.18 Å². The van der Waals surface area contributed by atoms with Gasteiger partial charge < -0.3 is 4.74 Å². The van der Waals surface area contributed by atoms with Gasteiger partial charge in [0.1, 0.15) is 11.6 Å². The van der Waals surface area contributed by atoms with Crippen molar-refractivity contribution < 1.29 is 13.9 Å². The number of benzene rings is 2. The smallest absolute Gasteiger partial charge is 0.193 e. The molecule has 0 aromatic heterocycles. The molecule has 0 unspecified atom stereocenters. The van der Waals surface area contributed by atoms with Crippen molar-refractivity contribution in [3.63, 3.8) is 0 Å². The number of hydrogen-bond acceptors (Lipinski definition) is 2. The highest BCUT2D eigenvalue weighted by Gasteiger charge is 2.12. The van der Waals surface area contributed by atoms with Gasteiger partial charge in [0.05, 0.1) is 7.11 Å². The van der Waals surface area contributed by atoms with Gasteiger partial charge in [0, 0.05) is 11.1 Å². The van der Waals surface area contributed by atoms with Crippen LogP contribution in [0.2, 0.25) is 0 Å². The molecule has 18 heavy (non-hydrogen) atoms. The van der Waals surface area contributed by atoms with Crippen molar-refractivity contribution in [2.45, 2.75) is 6.92 Å². The Labute approximate surface area is 105 Å². The Bertz CT molecular complexity index is 574. The van der Waals surface area contributed by atoms with E-state index in [-0.39, 0.29) is 11.6 Å². The number of carbonyl (C=O) groups excluding carboxylic acids is 1. The summed E-state index contributed by atoms with van der Waals surface area (Å²) in [5.74, 6) is 0.247. The van der Waals surface area contributed by atoms with Crippen LogP contribution < -0.4 is 4.74 Å². The molecule has 0 radical (unpaired) electrons. The molecule has 3 heteroatoms. The van der Waals surface area contributed by atoms with E-state index in [0.29, 0.717) is 16.9 Å². The van der Waals surface area contributed by atoms with Gasteiger partial charge in [0.2, 0.25) is 0 Å². The lowest BCUT2D eigenvalue weighted by Gasteiger charge is -2.07. The second kappa shape index (κ2) is 5.00. The zero-order valence-corrected chi connectivity index (χ0v) is 10.2. The van der Waals surface area contributed by atoms with Crippen molar-refractivity contribution in [1.29, 1.82) is 0 Å². The molecule has 0 aliphatic rings. The SMILES string of the molecule is COc1ccc(C(=O)c2ccc(F)cc2)c(C)c1. The van der Waals surface area contributed by atoms with Crippen LogP contribution in [-0.2, 0) is 0 Å². The minimum absolute atomic E-state index is 0.116. The highest BCUT2D eigenvalue weighted by atomic mass is 19.1. The Morgan fingerprint density at radius 3 is 2.33 bits per heavy atom. The van der Waals surface area contributed by atoms with Crippen molar-refractivity contribution in [2.24, 2.45) is 0 Å². The molecule has 0 bridgehead atoms. The molecule has 0 spiro atoms. The fraction of sp³-hybridized carbons (Fsp3) is 0.133. The summed E-state index contributed by atoms with van der Waals surface area (Å²) in [4.78, 5) is 12.2. The van der Waals surface area contributed by atoms with E-state index in [1.807, 2.05) is 6.92 Å². The number of ketones is 1. The molecule has 0 N–H and O–H groups in total. The second-order valence-electron chi connectivity index (χ2n) is 4.02. The van der Waals surface area contributed by atoms with Crippen LogP contribution in [0.1, 0.15) is 21.5 Å². The predicted octanol–water partition coefficient (Wildman–Crippen LogP) is 3.37. The largest absolute Gasteiger partial charge is 0.497 e. The van der Waals surface area contributed by atoms with Crippen LogP contribution in [0.4, 0.5) is 4.39 Å². The van der Waals surface area contributed by atoms with E-state index in [1.54, 1.807) is 25.3 Å². The van der Waals surface area contributed by atoms with Crippen molar-refractivity contribution in [3.8, 4) is 5.75 Å². The number of ether oxygens (including phenoxy) is 1. The summed E-state index contributed by atoms with van der Waals surface area (Å²) in [6.45, 7) is 1.85.